The van der Waals surface area contributed by atoms with Crippen molar-refractivity contribution >= 4 is 5.91 Å². The maximum Gasteiger partial charge on any atom is 0.254 e. The summed E-state index contributed by atoms with van der Waals surface area (Å²) in [5.74, 6) is -2.14. The van der Waals surface area contributed by atoms with Crippen LogP contribution in [0.5, 0.6) is 0 Å². The van der Waals surface area contributed by atoms with Crippen LogP contribution in [0.25, 0.3) is 0 Å². The van der Waals surface area contributed by atoms with Crippen molar-refractivity contribution in [1.82, 2.24) is 10.2 Å². The van der Waals surface area contributed by atoms with Crippen LogP contribution >= 0.6 is 0 Å². The average molecular weight is 340 g/mol. The Balaban J connectivity index is 1.67. The number of rotatable bonds is 3. The van der Waals surface area contributed by atoms with Crippen LogP contribution in [0.1, 0.15) is 29.6 Å². The number of amides is 1. The Morgan fingerprint density at radius 1 is 1.25 bits per heavy atom. The van der Waals surface area contributed by atoms with Gasteiger partial charge in [0, 0.05) is 19.1 Å². The highest BCUT2D eigenvalue weighted by Crippen LogP contribution is 2.25. The fraction of sp³-hybridized carbons (Fsp3) is 0.588. The molecule has 1 amide bonds. The first-order valence-electron chi connectivity index (χ1n) is 8.32. The van der Waals surface area contributed by atoms with Crippen LogP contribution < -0.4 is 5.32 Å². The average Bonchev–Trinajstić information content (AvgIpc) is 2.59. The molecule has 3 rings (SSSR count). The zero-order chi connectivity index (χ0) is 17.1. The molecule has 1 aliphatic heterocycles. The molecule has 2 aliphatic rings. The van der Waals surface area contributed by atoms with Crippen LogP contribution in [0.15, 0.2) is 18.2 Å². The van der Waals surface area contributed by atoms with Gasteiger partial charge in [-0.15, -0.1) is 0 Å². The van der Waals surface area contributed by atoms with Crippen LogP contribution in [-0.2, 0) is 4.74 Å². The van der Waals surface area contributed by atoms with E-state index in [9.17, 15) is 18.7 Å². The molecule has 0 bridgehead atoms. The quantitative estimate of drug-likeness (QED) is 0.871. The van der Waals surface area contributed by atoms with Crippen molar-refractivity contribution in [1.29, 1.82) is 0 Å². The highest BCUT2D eigenvalue weighted by molar-refractivity contribution is 5.94. The van der Waals surface area contributed by atoms with Crippen molar-refractivity contribution in [3.8, 4) is 0 Å². The van der Waals surface area contributed by atoms with Crippen molar-refractivity contribution in [3.63, 3.8) is 0 Å². The zero-order valence-corrected chi connectivity index (χ0v) is 13.4. The standard InChI is InChI=1S/C17H22F2N2O3/c18-11-4-5-13(19)12(10-11)17(23)20-14-2-1-3-15(16(14)22)21-6-8-24-9-7-21/h4-5,10,14-16,22H,1-3,6-9H2,(H,20,23)/t14-,15-,16-/m1/s1. The van der Waals surface area contributed by atoms with Gasteiger partial charge in [0.05, 0.1) is 30.9 Å². The van der Waals surface area contributed by atoms with Gasteiger partial charge in [0.1, 0.15) is 11.6 Å². The van der Waals surface area contributed by atoms with Gasteiger partial charge in [-0.05, 0) is 37.5 Å². The lowest BCUT2D eigenvalue weighted by Gasteiger charge is -2.43. The Morgan fingerprint density at radius 3 is 2.75 bits per heavy atom. The minimum absolute atomic E-state index is 0.0506. The molecular formula is C17H22F2N2O3. The Morgan fingerprint density at radius 2 is 2.00 bits per heavy atom. The third-order valence-electron chi connectivity index (χ3n) is 4.83. The normalized spacial score (nSPS) is 28.5. The Kier molecular flexibility index (Phi) is 5.43. The summed E-state index contributed by atoms with van der Waals surface area (Å²) >= 11 is 0. The van der Waals surface area contributed by atoms with Gasteiger partial charge < -0.3 is 15.2 Å². The molecule has 1 aromatic carbocycles. The van der Waals surface area contributed by atoms with E-state index in [-0.39, 0.29) is 11.6 Å². The predicted octanol–water partition coefficient (Wildman–Crippen LogP) is 1.31. The smallest absolute Gasteiger partial charge is 0.254 e. The number of nitrogens with one attached hydrogen (secondary N) is 1. The number of aliphatic hydroxyl groups is 1. The summed E-state index contributed by atoms with van der Waals surface area (Å²) in [6, 6.07) is 2.25. The number of nitrogens with zero attached hydrogens (tertiary/aromatic N) is 1. The second-order valence-corrected chi connectivity index (χ2v) is 6.34. The third kappa shape index (κ3) is 3.74. The summed E-state index contributed by atoms with van der Waals surface area (Å²) in [7, 11) is 0. The molecule has 1 saturated carbocycles. The maximum atomic E-state index is 13.7. The van der Waals surface area contributed by atoms with Crippen molar-refractivity contribution in [3.05, 3.63) is 35.4 Å². The summed E-state index contributed by atoms with van der Waals surface area (Å²) in [6.45, 7) is 2.77. The fourth-order valence-corrected chi connectivity index (χ4v) is 3.54. The molecule has 2 fully saturated rings. The third-order valence-corrected chi connectivity index (χ3v) is 4.83. The lowest BCUT2D eigenvalue weighted by Crippen LogP contribution is -2.58. The predicted molar refractivity (Wildman–Crippen MR) is 83.7 cm³/mol. The summed E-state index contributed by atoms with van der Waals surface area (Å²) in [5, 5.41) is 13.3. The molecule has 3 atom stereocenters. The molecule has 1 aromatic rings. The minimum Gasteiger partial charge on any atom is -0.389 e. The van der Waals surface area contributed by atoms with Gasteiger partial charge in [0.2, 0.25) is 0 Å². The maximum absolute atomic E-state index is 13.7. The summed E-state index contributed by atoms with van der Waals surface area (Å²) in [5.41, 5.74) is -0.337. The number of benzene rings is 1. The second kappa shape index (κ2) is 7.55. The van der Waals surface area contributed by atoms with E-state index in [1.807, 2.05) is 0 Å². The van der Waals surface area contributed by atoms with Gasteiger partial charge in [0.25, 0.3) is 5.91 Å². The molecule has 1 heterocycles. The molecule has 2 N–H and O–H groups in total. The number of hydrogen-bond donors (Lipinski definition) is 2. The van der Waals surface area contributed by atoms with Gasteiger partial charge in [-0.25, -0.2) is 8.78 Å². The minimum atomic E-state index is -0.774. The highest BCUT2D eigenvalue weighted by atomic mass is 19.1. The Labute approximate surface area is 139 Å². The largest absolute Gasteiger partial charge is 0.389 e. The van der Waals surface area contributed by atoms with E-state index in [0.717, 1.165) is 44.1 Å². The van der Waals surface area contributed by atoms with Crippen LogP contribution in [0.2, 0.25) is 0 Å². The van der Waals surface area contributed by atoms with Crippen molar-refractivity contribution in [2.45, 2.75) is 37.5 Å². The summed E-state index contributed by atoms with van der Waals surface area (Å²) in [6.07, 6.45) is 1.58. The molecule has 0 spiro atoms. The summed E-state index contributed by atoms with van der Waals surface area (Å²) in [4.78, 5) is 14.4. The van der Waals surface area contributed by atoms with Crippen molar-refractivity contribution in [2.24, 2.45) is 0 Å². The molecule has 0 aromatic heterocycles. The number of carbonyl (C=O) groups is 1. The van der Waals surface area contributed by atoms with Crippen LogP contribution in [0, 0.1) is 11.6 Å². The number of morpholine rings is 1. The number of carbonyl (C=O) groups excluding carboxylic acids is 1. The molecule has 1 aliphatic carbocycles. The van der Waals surface area contributed by atoms with E-state index in [1.165, 1.54) is 0 Å². The van der Waals surface area contributed by atoms with E-state index in [4.69, 9.17) is 4.74 Å². The van der Waals surface area contributed by atoms with Gasteiger partial charge in [-0.2, -0.15) is 0 Å². The Bertz CT molecular complexity index is 593. The molecule has 0 radical (unpaired) electrons. The van der Waals surface area contributed by atoms with E-state index in [1.54, 1.807) is 0 Å². The molecule has 0 unspecified atom stereocenters. The van der Waals surface area contributed by atoms with Gasteiger partial charge in [0.15, 0.2) is 0 Å². The molecule has 5 nitrogen and oxygen atoms in total. The summed E-state index contributed by atoms with van der Waals surface area (Å²) < 4.78 is 32.3. The van der Waals surface area contributed by atoms with Crippen LogP contribution in [0.4, 0.5) is 8.78 Å². The Hall–Kier alpha value is -1.57. The van der Waals surface area contributed by atoms with E-state index < -0.39 is 29.7 Å². The van der Waals surface area contributed by atoms with Crippen molar-refractivity contribution in [2.75, 3.05) is 26.3 Å². The first-order chi connectivity index (χ1) is 11.6. The molecule has 132 valence electrons. The first-order valence-corrected chi connectivity index (χ1v) is 8.32. The molecule has 24 heavy (non-hydrogen) atoms. The van der Waals surface area contributed by atoms with Crippen LogP contribution in [0.3, 0.4) is 0 Å². The molecule has 7 heteroatoms. The van der Waals surface area contributed by atoms with Crippen molar-refractivity contribution < 1.29 is 23.4 Å². The van der Waals surface area contributed by atoms with Gasteiger partial charge in [-0.3, -0.25) is 9.69 Å². The molecular weight excluding hydrogens is 318 g/mol. The SMILES string of the molecule is O=C(N[C@@H]1CCC[C@@H](N2CCOCC2)[C@@H]1O)c1cc(F)ccc1F. The lowest BCUT2D eigenvalue weighted by atomic mass is 9.86. The first kappa shape index (κ1) is 17.3. The van der Waals surface area contributed by atoms with Gasteiger partial charge in [-0.1, -0.05) is 0 Å². The fourth-order valence-electron chi connectivity index (χ4n) is 3.54. The lowest BCUT2D eigenvalue weighted by molar-refractivity contribution is -0.0459. The van der Waals surface area contributed by atoms with E-state index >= 15 is 0 Å². The molecule has 1 saturated heterocycles. The number of aliphatic hydroxyl groups excluding tert-OH is 1. The second-order valence-electron chi connectivity index (χ2n) is 6.34. The highest BCUT2D eigenvalue weighted by Gasteiger charge is 2.37. The number of hydrogen-bond acceptors (Lipinski definition) is 4. The monoisotopic (exact) mass is 340 g/mol. The topological polar surface area (TPSA) is 61.8 Å². The van der Waals surface area contributed by atoms with E-state index in [0.29, 0.717) is 19.6 Å². The number of ether oxygens (including phenoxy) is 1. The number of halogens is 2. The van der Waals surface area contributed by atoms with E-state index in [2.05, 4.69) is 10.2 Å². The van der Waals surface area contributed by atoms with Crippen LogP contribution in [-0.4, -0.2) is 60.4 Å². The van der Waals surface area contributed by atoms with Gasteiger partial charge >= 0.3 is 0 Å². The zero-order valence-electron chi connectivity index (χ0n) is 13.4.